The molecule has 2 aromatic heterocycles. The SMILES string of the molecule is Cc1ccc(Nc2ccc(NCCNC(=O)/C=C/c3ccccc3F)nn2)nc1. The van der Waals surface area contributed by atoms with E-state index in [2.05, 4.69) is 31.1 Å². The van der Waals surface area contributed by atoms with Gasteiger partial charge in [-0.2, -0.15) is 0 Å². The third-order valence-electron chi connectivity index (χ3n) is 3.88. The van der Waals surface area contributed by atoms with Crippen molar-refractivity contribution in [2.24, 2.45) is 0 Å². The Bertz CT molecular complexity index is 973. The van der Waals surface area contributed by atoms with E-state index in [1.54, 1.807) is 36.5 Å². The van der Waals surface area contributed by atoms with Crippen LogP contribution in [0.4, 0.5) is 21.8 Å². The quantitative estimate of drug-likeness (QED) is 0.402. The molecule has 0 spiro atoms. The normalized spacial score (nSPS) is 10.7. The van der Waals surface area contributed by atoms with E-state index in [1.807, 2.05) is 19.1 Å². The molecule has 0 atom stereocenters. The highest BCUT2D eigenvalue weighted by molar-refractivity contribution is 5.91. The molecule has 0 fully saturated rings. The van der Waals surface area contributed by atoms with Crippen LogP contribution in [0.15, 0.2) is 60.8 Å². The number of anilines is 3. The Labute approximate surface area is 168 Å². The summed E-state index contributed by atoms with van der Waals surface area (Å²) >= 11 is 0. The fourth-order valence-corrected chi connectivity index (χ4v) is 2.38. The van der Waals surface area contributed by atoms with E-state index < -0.39 is 0 Å². The average molecular weight is 392 g/mol. The van der Waals surface area contributed by atoms with Crippen molar-refractivity contribution in [2.45, 2.75) is 6.92 Å². The number of halogens is 1. The monoisotopic (exact) mass is 392 g/mol. The summed E-state index contributed by atoms with van der Waals surface area (Å²) in [6.45, 7) is 2.83. The highest BCUT2D eigenvalue weighted by atomic mass is 19.1. The number of pyridine rings is 1. The highest BCUT2D eigenvalue weighted by Gasteiger charge is 2.01. The number of rotatable bonds is 8. The van der Waals surface area contributed by atoms with Crippen LogP contribution in [0.3, 0.4) is 0 Å². The summed E-state index contributed by atoms with van der Waals surface area (Å²) in [6.07, 6.45) is 4.52. The van der Waals surface area contributed by atoms with Crippen molar-refractivity contribution in [3.63, 3.8) is 0 Å². The Balaban J connectivity index is 1.39. The second-order valence-corrected chi connectivity index (χ2v) is 6.22. The van der Waals surface area contributed by atoms with E-state index in [1.165, 1.54) is 18.2 Å². The van der Waals surface area contributed by atoms with Crippen LogP contribution in [-0.4, -0.2) is 34.2 Å². The summed E-state index contributed by atoms with van der Waals surface area (Å²) in [5, 5.41) is 17.0. The molecule has 7 nitrogen and oxygen atoms in total. The molecule has 1 amide bonds. The summed E-state index contributed by atoms with van der Waals surface area (Å²) in [7, 11) is 0. The zero-order valence-electron chi connectivity index (χ0n) is 15.9. The lowest BCUT2D eigenvalue weighted by Crippen LogP contribution is -2.27. The fraction of sp³-hybridized carbons (Fsp3) is 0.143. The van der Waals surface area contributed by atoms with E-state index in [4.69, 9.17) is 0 Å². The van der Waals surface area contributed by atoms with E-state index in [9.17, 15) is 9.18 Å². The molecule has 1 aromatic carbocycles. The topological polar surface area (TPSA) is 91.8 Å². The minimum Gasteiger partial charge on any atom is -0.367 e. The maximum atomic E-state index is 13.5. The zero-order chi connectivity index (χ0) is 20.5. The number of aromatic nitrogens is 3. The van der Waals surface area contributed by atoms with Crippen LogP contribution < -0.4 is 16.0 Å². The number of hydrogen-bond acceptors (Lipinski definition) is 6. The van der Waals surface area contributed by atoms with Crippen molar-refractivity contribution in [1.82, 2.24) is 20.5 Å². The van der Waals surface area contributed by atoms with Gasteiger partial charge in [0.05, 0.1) is 0 Å². The van der Waals surface area contributed by atoms with Crippen LogP contribution in [0.25, 0.3) is 6.08 Å². The van der Waals surface area contributed by atoms with Gasteiger partial charge in [0, 0.05) is 30.9 Å². The molecule has 3 N–H and O–H groups in total. The molecule has 0 aliphatic carbocycles. The van der Waals surface area contributed by atoms with Crippen LogP contribution >= 0.6 is 0 Å². The number of amides is 1. The first kappa shape index (κ1) is 19.9. The maximum Gasteiger partial charge on any atom is 0.244 e. The predicted molar refractivity (Wildman–Crippen MR) is 111 cm³/mol. The summed E-state index contributed by atoms with van der Waals surface area (Å²) in [5.41, 5.74) is 1.45. The minimum absolute atomic E-state index is 0.300. The molecule has 148 valence electrons. The van der Waals surface area contributed by atoms with Crippen molar-refractivity contribution < 1.29 is 9.18 Å². The van der Waals surface area contributed by atoms with E-state index in [0.717, 1.165) is 5.56 Å². The second kappa shape index (κ2) is 9.93. The van der Waals surface area contributed by atoms with Crippen LogP contribution in [0.5, 0.6) is 0 Å². The summed E-state index contributed by atoms with van der Waals surface area (Å²) in [5.74, 6) is 1.19. The lowest BCUT2D eigenvalue weighted by molar-refractivity contribution is -0.116. The van der Waals surface area contributed by atoms with E-state index >= 15 is 0 Å². The Morgan fingerprint density at radius 1 is 1.00 bits per heavy atom. The number of carbonyl (C=O) groups is 1. The third-order valence-corrected chi connectivity index (χ3v) is 3.88. The van der Waals surface area contributed by atoms with Gasteiger partial charge in [-0.25, -0.2) is 9.37 Å². The lowest BCUT2D eigenvalue weighted by atomic mass is 10.2. The second-order valence-electron chi connectivity index (χ2n) is 6.22. The van der Waals surface area contributed by atoms with Crippen molar-refractivity contribution in [3.8, 4) is 0 Å². The molecule has 0 aliphatic heterocycles. The van der Waals surface area contributed by atoms with Gasteiger partial charge in [0.25, 0.3) is 0 Å². The Hall–Kier alpha value is -3.81. The standard InChI is InChI=1S/C21H21FN6O/c1-15-6-8-18(25-14-15)26-20-10-9-19(27-28-20)23-12-13-24-21(29)11-7-16-4-2-3-5-17(16)22/h2-11,14H,12-13H2,1H3,(H,23,27)(H,24,29)(H,25,26,28)/b11-7+. The minimum atomic E-state index is -0.368. The van der Waals surface area contributed by atoms with Crippen molar-refractivity contribution >= 4 is 29.4 Å². The van der Waals surface area contributed by atoms with Crippen molar-refractivity contribution in [1.29, 1.82) is 0 Å². The first-order valence-corrected chi connectivity index (χ1v) is 9.08. The first-order chi connectivity index (χ1) is 14.1. The molecule has 0 radical (unpaired) electrons. The Morgan fingerprint density at radius 2 is 1.76 bits per heavy atom. The van der Waals surface area contributed by atoms with Gasteiger partial charge < -0.3 is 16.0 Å². The predicted octanol–water partition coefficient (Wildman–Crippen LogP) is 3.30. The smallest absolute Gasteiger partial charge is 0.244 e. The molecule has 3 rings (SSSR count). The molecule has 0 saturated heterocycles. The molecule has 8 heteroatoms. The Morgan fingerprint density at radius 3 is 2.48 bits per heavy atom. The Kier molecular flexibility index (Phi) is 6.83. The van der Waals surface area contributed by atoms with Gasteiger partial charge in [-0.3, -0.25) is 4.79 Å². The van der Waals surface area contributed by atoms with Gasteiger partial charge in [-0.1, -0.05) is 24.3 Å². The molecule has 0 saturated carbocycles. The zero-order valence-corrected chi connectivity index (χ0v) is 15.9. The van der Waals surface area contributed by atoms with E-state index in [0.29, 0.717) is 36.1 Å². The molecule has 0 bridgehead atoms. The van der Waals surface area contributed by atoms with Crippen LogP contribution in [0, 0.1) is 12.7 Å². The number of nitrogens with one attached hydrogen (secondary N) is 3. The summed E-state index contributed by atoms with van der Waals surface area (Å²) in [4.78, 5) is 16.0. The van der Waals surface area contributed by atoms with Gasteiger partial charge in [-0.15, -0.1) is 10.2 Å². The molecule has 2 heterocycles. The van der Waals surface area contributed by atoms with Gasteiger partial charge in [0.15, 0.2) is 5.82 Å². The average Bonchev–Trinajstić information content (AvgIpc) is 2.73. The first-order valence-electron chi connectivity index (χ1n) is 9.08. The molecule has 3 aromatic rings. The number of hydrogen-bond donors (Lipinski definition) is 3. The van der Waals surface area contributed by atoms with Gasteiger partial charge >= 0.3 is 0 Å². The molecule has 0 aliphatic rings. The fourth-order valence-electron chi connectivity index (χ4n) is 2.38. The molecule has 29 heavy (non-hydrogen) atoms. The highest BCUT2D eigenvalue weighted by Crippen LogP contribution is 2.12. The number of nitrogens with zero attached hydrogens (tertiary/aromatic N) is 3. The van der Waals surface area contributed by atoms with Crippen molar-refractivity contribution in [3.05, 3.63) is 77.7 Å². The van der Waals surface area contributed by atoms with Gasteiger partial charge in [0.1, 0.15) is 17.5 Å². The lowest BCUT2D eigenvalue weighted by Gasteiger charge is -2.07. The third kappa shape index (κ3) is 6.39. The summed E-state index contributed by atoms with van der Waals surface area (Å²) in [6, 6.07) is 13.7. The maximum absolute atomic E-state index is 13.5. The number of carbonyl (C=O) groups excluding carboxylic acids is 1. The van der Waals surface area contributed by atoms with Crippen molar-refractivity contribution in [2.75, 3.05) is 23.7 Å². The summed E-state index contributed by atoms with van der Waals surface area (Å²) < 4.78 is 13.5. The molecular weight excluding hydrogens is 371 g/mol. The van der Waals surface area contributed by atoms with Crippen LogP contribution in [0.1, 0.15) is 11.1 Å². The van der Waals surface area contributed by atoms with Crippen LogP contribution in [-0.2, 0) is 4.79 Å². The molecule has 0 unspecified atom stereocenters. The number of aryl methyl sites for hydroxylation is 1. The largest absolute Gasteiger partial charge is 0.367 e. The van der Waals surface area contributed by atoms with E-state index in [-0.39, 0.29) is 11.7 Å². The molecular formula is C21H21FN6O. The van der Waals surface area contributed by atoms with Gasteiger partial charge in [0.2, 0.25) is 5.91 Å². The van der Waals surface area contributed by atoms with Crippen LogP contribution in [0.2, 0.25) is 0 Å². The van der Waals surface area contributed by atoms with Gasteiger partial charge in [-0.05, 0) is 42.8 Å². The number of benzene rings is 1.